The minimum atomic E-state index is -0.339. The van der Waals surface area contributed by atoms with E-state index in [0.29, 0.717) is 28.6 Å². The maximum atomic E-state index is 14.8. The lowest BCUT2D eigenvalue weighted by atomic mass is 10.2. The van der Waals surface area contributed by atoms with Gasteiger partial charge in [-0.1, -0.05) is 6.07 Å². The van der Waals surface area contributed by atoms with Crippen molar-refractivity contribution in [3.63, 3.8) is 0 Å². The number of aliphatic hydroxyl groups excluding tert-OH is 1. The summed E-state index contributed by atoms with van der Waals surface area (Å²) in [6.07, 6.45) is 1.58. The Kier molecular flexibility index (Phi) is 5.26. The monoisotopic (exact) mass is 393 g/mol. The van der Waals surface area contributed by atoms with E-state index >= 15 is 0 Å². The van der Waals surface area contributed by atoms with Crippen LogP contribution >= 0.6 is 0 Å². The lowest BCUT2D eigenvalue weighted by Crippen LogP contribution is -2.03. The van der Waals surface area contributed by atoms with Gasteiger partial charge in [-0.2, -0.15) is 4.98 Å². The highest BCUT2D eigenvalue weighted by Gasteiger charge is 2.10. The van der Waals surface area contributed by atoms with E-state index in [1.54, 1.807) is 36.5 Å². The third-order valence-corrected chi connectivity index (χ3v) is 4.24. The van der Waals surface area contributed by atoms with Gasteiger partial charge in [-0.3, -0.25) is 0 Å². The van der Waals surface area contributed by atoms with Crippen LogP contribution in [0.2, 0.25) is 0 Å². The first kappa shape index (κ1) is 18.7. The van der Waals surface area contributed by atoms with Crippen LogP contribution in [0.5, 0.6) is 5.75 Å². The van der Waals surface area contributed by atoms with Gasteiger partial charge in [0.25, 0.3) is 0 Å². The Morgan fingerprint density at radius 3 is 2.90 bits per heavy atom. The number of aromatic amines is 1. The molecule has 0 amide bonds. The SMILES string of the molecule is Cc1cc2c(F)c(Nc3ccnc(Nc4cccc(OCCO)c4)n3)ccc2[nH]1. The number of hydrogen-bond acceptors (Lipinski definition) is 6. The van der Waals surface area contributed by atoms with Crippen molar-refractivity contribution >= 4 is 34.0 Å². The summed E-state index contributed by atoms with van der Waals surface area (Å²) in [4.78, 5) is 11.7. The van der Waals surface area contributed by atoms with Crippen LogP contribution in [0.25, 0.3) is 10.9 Å². The molecule has 2 aromatic carbocycles. The first-order chi connectivity index (χ1) is 14.1. The van der Waals surface area contributed by atoms with Crippen LogP contribution in [0, 0.1) is 12.7 Å². The summed E-state index contributed by atoms with van der Waals surface area (Å²) in [6.45, 7) is 2.05. The fraction of sp³-hybridized carbons (Fsp3) is 0.143. The molecule has 0 spiro atoms. The average Bonchev–Trinajstić information content (AvgIpc) is 3.10. The van der Waals surface area contributed by atoms with Crippen molar-refractivity contribution in [2.75, 3.05) is 23.8 Å². The van der Waals surface area contributed by atoms with Crippen LogP contribution < -0.4 is 15.4 Å². The number of nitrogens with one attached hydrogen (secondary N) is 3. The first-order valence-corrected chi connectivity index (χ1v) is 9.11. The molecule has 4 N–H and O–H groups in total. The molecule has 0 fully saturated rings. The van der Waals surface area contributed by atoms with Crippen LogP contribution in [0.3, 0.4) is 0 Å². The number of H-pyrrole nitrogens is 1. The van der Waals surface area contributed by atoms with Crippen LogP contribution in [-0.2, 0) is 0 Å². The fourth-order valence-electron chi connectivity index (χ4n) is 2.99. The predicted molar refractivity (Wildman–Crippen MR) is 111 cm³/mol. The molecule has 0 saturated heterocycles. The Balaban J connectivity index is 1.53. The molecule has 8 heteroatoms. The van der Waals surface area contributed by atoms with Crippen LogP contribution in [0.15, 0.2) is 54.7 Å². The number of halogens is 1. The molecule has 0 unspecified atom stereocenters. The molecule has 4 aromatic rings. The minimum Gasteiger partial charge on any atom is -0.491 e. The molecule has 0 aliphatic heterocycles. The Hall–Kier alpha value is -3.65. The topological polar surface area (TPSA) is 95.1 Å². The van der Waals surface area contributed by atoms with Crippen molar-refractivity contribution in [1.82, 2.24) is 15.0 Å². The van der Waals surface area contributed by atoms with Crippen molar-refractivity contribution in [3.8, 4) is 5.75 Å². The minimum absolute atomic E-state index is 0.0564. The maximum absolute atomic E-state index is 14.8. The summed E-state index contributed by atoms with van der Waals surface area (Å²) >= 11 is 0. The van der Waals surface area contributed by atoms with E-state index in [9.17, 15) is 4.39 Å². The zero-order valence-electron chi connectivity index (χ0n) is 15.7. The van der Waals surface area contributed by atoms with E-state index in [0.717, 1.165) is 16.9 Å². The molecule has 2 heterocycles. The normalized spacial score (nSPS) is 10.9. The van der Waals surface area contributed by atoms with Gasteiger partial charge in [0, 0.05) is 34.5 Å². The highest BCUT2D eigenvalue weighted by molar-refractivity contribution is 5.85. The molecular formula is C21H20FN5O2. The smallest absolute Gasteiger partial charge is 0.229 e. The van der Waals surface area contributed by atoms with E-state index in [-0.39, 0.29) is 19.0 Å². The van der Waals surface area contributed by atoms with Crippen molar-refractivity contribution in [3.05, 3.63) is 66.2 Å². The number of aliphatic hydroxyl groups is 1. The Morgan fingerprint density at radius 2 is 2.03 bits per heavy atom. The lowest BCUT2D eigenvalue weighted by molar-refractivity contribution is 0.201. The first-order valence-electron chi connectivity index (χ1n) is 9.11. The van der Waals surface area contributed by atoms with E-state index in [2.05, 4.69) is 25.6 Å². The zero-order chi connectivity index (χ0) is 20.2. The van der Waals surface area contributed by atoms with Gasteiger partial charge in [-0.15, -0.1) is 0 Å². The summed E-state index contributed by atoms with van der Waals surface area (Å²) in [6, 6.07) is 14.2. The van der Waals surface area contributed by atoms with Crippen molar-refractivity contribution in [1.29, 1.82) is 0 Å². The van der Waals surface area contributed by atoms with E-state index in [4.69, 9.17) is 9.84 Å². The standard InChI is InChI=1S/C21H20FN5O2/c1-13-11-16-17(24-13)5-6-18(20(16)22)26-19-7-8-23-21(27-19)25-14-3-2-4-15(12-14)29-10-9-28/h2-8,11-12,24,28H,9-10H2,1H3,(H2,23,25,26,27). The fourth-order valence-corrected chi connectivity index (χ4v) is 2.99. The molecule has 0 bridgehead atoms. The van der Waals surface area contributed by atoms with E-state index in [1.807, 2.05) is 25.1 Å². The van der Waals surface area contributed by atoms with Crippen molar-refractivity contribution < 1.29 is 14.2 Å². The number of nitrogens with zero attached hydrogens (tertiary/aromatic N) is 2. The number of rotatable bonds is 7. The summed E-state index contributed by atoms with van der Waals surface area (Å²) in [7, 11) is 0. The Morgan fingerprint density at radius 1 is 1.14 bits per heavy atom. The van der Waals surface area contributed by atoms with Crippen LogP contribution in [-0.4, -0.2) is 33.3 Å². The third kappa shape index (κ3) is 4.27. The van der Waals surface area contributed by atoms with Gasteiger partial charge < -0.3 is 25.5 Å². The number of benzene rings is 2. The second kappa shape index (κ2) is 8.15. The highest BCUT2D eigenvalue weighted by atomic mass is 19.1. The maximum Gasteiger partial charge on any atom is 0.229 e. The molecule has 0 aliphatic carbocycles. The average molecular weight is 393 g/mol. The third-order valence-electron chi connectivity index (χ3n) is 4.24. The highest BCUT2D eigenvalue weighted by Crippen LogP contribution is 2.27. The second-order valence-corrected chi connectivity index (χ2v) is 6.46. The Bertz CT molecular complexity index is 1150. The number of ether oxygens (including phenoxy) is 1. The van der Waals surface area contributed by atoms with Crippen LogP contribution in [0.1, 0.15) is 5.69 Å². The van der Waals surface area contributed by atoms with Gasteiger partial charge in [-0.05, 0) is 43.3 Å². The van der Waals surface area contributed by atoms with Gasteiger partial charge in [0.1, 0.15) is 18.2 Å². The molecule has 0 radical (unpaired) electrons. The summed E-state index contributed by atoms with van der Waals surface area (Å²) in [5.41, 5.74) is 2.71. The van der Waals surface area contributed by atoms with Crippen LogP contribution in [0.4, 0.5) is 27.5 Å². The van der Waals surface area contributed by atoms with Gasteiger partial charge in [0.05, 0.1) is 12.3 Å². The van der Waals surface area contributed by atoms with Gasteiger partial charge in [0.2, 0.25) is 5.95 Å². The van der Waals surface area contributed by atoms with Gasteiger partial charge >= 0.3 is 0 Å². The molecule has 2 aromatic heterocycles. The summed E-state index contributed by atoms with van der Waals surface area (Å²) < 4.78 is 20.2. The Labute approximate surface area is 166 Å². The second-order valence-electron chi connectivity index (χ2n) is 6.46. The van der Waals surface area contributed by atoms with E-state index in [1.165, 1.54) is 0 Å². The molecule has 7 nitrogen and oxygen atoms in total. The molecule has 0 saturated carbocycles. The van der Waals surface area contributed by atoms with Crippen molar-refractivity contribution in [2.45, 2.75) is 6.92 Å². The summed E-state index contributed by atoms with van der Waals surface area (Å²) in [5.74, 6) is 1.10. The number of hydrogen-bond donors (Lipinski definition) is 4. The van der Waals surface area contributed by atoms with Gasteiger partial charge in [0.15, 0.2) is 5.82 Å². The zero-order valence-corrected chi connectivity index (χ0v) is 15.7. The molecule has 0 atom stereocenters. The molecule has 148 valence electrons. The van der Waals surface area contributed by atoms with E-state index < -0.39 is 0 Å². The number of aromatic nitrogens is 3. The molecule has 4 rings (SSSR count). The van der Waals surface area contributed by atoms with Gasteiger partial charge in [-0.25, -0.2) is 9.37 Å². The molecule has 0 aliphatic rings. The number of anilines is 4. The molecular weight excluding hydrogens is 373 g/mol. The number of aryl methyl sites for hydroxylation is 1. The lowest BCUT2D eigenvalue weighted by Gasteiger charge is -2.10. The quantitative estimate of drug-likeness (QED) is 0.375. The molecule has 29 heavy (non-hydrogen) atoms. The van der Waals surface area contributed by atoms with Crippen molar-refractivity contribution in [2.24, 2.45) is 0 Å². The predicted octanol–water partition coefficient (Wildman–Crippen LogP) is 4.26. The summed E-state index contributed by atoms with van der Waals surface area (Å²) in [5, 5.41) is 15.5. The largest absolute Gasteiger partial charge is 0.491 e. The number of fused-ring (bicyclic) bond motifs is 1.